The molecule has 2 heterocycles. The van der Waals surface area contributed by atoms with Crippen LogP contribution < -0.4 is 10.6 Å². The molecule has 2 aliphatic rings. The summed E-state index contributed by atoms with van der Waals surface area (Å²) in [6.07, 6.45) is 2.70. The van der Waals surface area contributed by atoms with Crippen molar-refractivity contribution >= 4 is 23.0 Å². The summed E-state index contributed by atoms with van der Waals surface area (Å²) in [4.78, 5) is 2.33. The van der Waals surface area contributed by atoms with Crippen LogP contribution in [-0.2, 0) is 15.9 Å². The fourth-order valence-corrected chi connectivity index (χ4v) is 3.53. The van der Waals surface area contributed by atoms with Crippen molar-refractivity contribution in [3.63, 3.8) is 0 Å². The molecule has 0 atom stereocenters. The number of rotatable bonds is 2. The van der Waals surface area contributed by atoms with Gasteiger partial charge in [-0.25, -0.2) is 0 Å². The molecule has 0 aliphatic carbocycles. The Morgan fingerprint density at radius 2 is 1.90 bits per heavy atom. The molecule has 0 saturated carbocycles. The molecule has 0 amide bonds. The first-order valence-corrected chi connectivity index (χ1v) is 7.62. The fourth-order valence-electron chi connectivity index (χ4n) is 3.16. The Balaban J connectivity index is 1.81. The highest BCUT2D eigenvalue weighted by Gasteiger charge is 2.40. The highest BCUT2D eigenvalue weighted by molar-refractivity contribution is 6.33. The van der Waals surface area contributed by atoms with Crippen molar-refractivity contribution in [1.82, 2.24) is 0 Å². The van der Waals surface area contributed by atoms with Gasteiger partial charge >= 0.3 is 0 Å². The summed E-state index contributed by atoms with van der Waals surface area (Å²) in [5.74, 6) is -0.344. The Labute approximate surface area is 124 Å². The second-order valence-corrected chi connectivity index (χ2v) is 5.87. The summed E-state index contributed by atoms with van der Waals surface area (Å²) in [7, 11) is 0. The van der Waals surface area contributed by atoms with Gasteiger partial charge in [-0.2, -0.15) is 0 Å². The van der Waals surface area contributed by atoms with E-state index < -0.39 is 0 Å². The van der Waals surface area contributed by atoms with Gasteiger partial charge in [0.1, 0.15) is 0 Å². The number of nitrogens with zero attached hydrogens (tertiary/aromatic N) is 1. The third-order valence-electron chi connectivity index (χ3n) is 4.20. The van der Waals surface area contributed by atoms with Gasteiger partial charge in [-0.15, -0.1) is 0 Å². The summed E-state index contributed by atoms with van der Waals surface area (Å²) < 4.78 is 11.5. The Hall–Kier alpha value is -0.970. The lowest BCUT2D eigenvalue weighted by molar-refractivity contribution is -0.169. The predicted molar refractivity (Wildman–Crippen MR) is 81.3 cm³/mol. The number of anilines is 2. The van der Waals surface area contributed by atoms with Gasteiger partial charge in [0, 0.05) is 31.6 Å². The highest BCUT2D eigenvalue weighted by Crippen LogP contribution is 2.38. The summed E-state index contributed by atoms with van der Waals surface area (Å²) in [5, 5.41) is 0.742. The molecule has 2 aliphatic heterocycles. The lowest BCUT2D eigenvalue weighted by atomic mass is 10.0. The fraction of sp³-hybridized carbons (Fsp3) is 0.600. The van der Waals surface area contributed by atoms with E-state index in [0.29, 0.717) is 13.2 Å². The summed E-state index contributed by atoms with van der Waals surface area (Å²) in [6.45, 7) is 5.35. The maximum absolute atomic E-state index is 6.41. The van der Waals surface area contributed by atoms with Gasteiger partial charge in [0.05, 0.1) is 23.9 Å². The molecule has 0 unspecified atom stereocenters. The topological polar surface area (TPSA) is 47.7 Å². The van der Waals surface area contributed by atoms with E-state index in [1.165, 1.54) is 5.56 Å². The molecular formula is C15H21ClN2O2. The maximum Gasteiger partial charge on any atom is 0.171 e. The third kappa shape index (κ3) is 2.48. The normalized spacial score (nSPS) is 21.6. The largest absolute Gasteiger partial charge is 0.399 e. The highest BCUT2D eigenvalue weighted by atomic mass is 35.5. The van der Waals surface area contributed by atoms with Crippen molar-refractivity contribution in [3.05, 3.63) is 22.7 Å². The minimum Gasteiger partial charge on any atom is -0.399 e. The van der Waals surface area contributed by atoms with Gasteiger partial charge in [-0.05, 0) is 24.1 Å². The zero-order valence-electron chi connectivity index (χ0n) is 11.8. The van der Waals surface area contributed by atoms with Crippen molar-refractivity contribution in [2.45, 2.75) is 32.0 Å². The monoisotopic (exact) mass is 296 g/mol. The average Bonchev–Trinajstić information content (AvgIpc) is 2.88. The number of nitrogen functional groups attached to an aromatic ring is 1. The molecule has 2 N–H and O–H groups in total. The number of hydrogen-bond donors (Lipinski definition) is 1. The molecule has 0 radical (unpaired) electrons. The van der Waals surface area contributed by atoms with E-state index in [4.69, 9.17) is 26.8 Å². The van der Waals surface area contributed by atoms with Crippen LogP contribution in [0.2, 0.25) is 5.02 Å². The van der Waals surface area contributed by atoms with Crippen molar-refractivity contribution in [3.8, 4) is 0 Å². The number of hydrogen-bond acceptors (Lipinski definition) is 4. The van der Waals surface area contributed by atoms with Crippen molar-refractivity contribution in [2.24, 2.45) is 0 Å². The van der Waals surface area contributed by atoms with E-state index in [1.807, 2.05) is 12.1 Å². The quantitative estimate of drug-likeness (QED) is 0.853. The van der Waals surface area contributed by atoms with Gasteiger partial charge in [0.15, 0.2) is 5.79 Å². The predicted octanol–water partition coefficient (Wildman–Crippen LogP) is 2.83. The molecule has 4 nitrogen and oxygen atoms in total. The first-order chi connectivity index (χ1) is 9.63. The summed E-state index contributed by atoms with van der Waals surface area (Å²) >= 11 is 6.41. The number of aryl methyl sites for hydroxylation is 1. The van der Waals surface area contributed by atoms with Crippen LogP contribution in [0.3, 0.4) is 0 Å². The van der Waals surface area contributed by atoms with E-state index in [-0.39, 0.29) is 5.79 Å². The Morgan fingerprint density at radius 1 is 1.25 bits per heavy atom. The van der Waals surface area contributed by atoms with Crippen LogP contribution >= 0.6 is 11.6 Å². The zero-order chi connectivity index (χ0) is 14.2. The second-order valence-electron chi connectivity index (χ2n) is 5.46. The van der Waals surface area contributed by atoms with Crippen molar-refractivity contribution in [2.75, 3.05) is 36.9 Å². The molecule has 1 spiro atoms. The molecular weight excluding hydrogens is 276 g/mol. The first kappa shape index (κ1) is 14.0. The summed E-state index contributed by atoms with van der Waals surface area (Å²) in [5.41, 5.74) is 8.94. The smallest absolute Gasteiger partial charge is 0.171 e. The van der Waals surface area contributed by atoms with E-state index in [9.17, 15) is 0 Å². The zero-order valence-corrected chi connectivity index (χ0v) is 12.6. The van der Waals surface area contributed by atoms with E-state index in [2.05, 4.69) is 11.8 Å². The summed E-state index contributed by atoms with van der Waals surface area (Å²) in [6, 6.07) is 3.86. The number of piperidine rings is 1. The van der Waals surface area contributed by atoms with Crippen LogP contribution in [0.1, 0.15) is 25.3 Å². The maximum atomic E-state index is 6.41. The average molecular weight is 297 g/mol. The van der Waals surface area contributed by atoms with E-state index in [1.54, 1.807) is 0 Å². The molecule has 3 rings (SSSR count). The Morgan fingerprint density at radius 3 is 2.50 bits per heavy atom. The van der Waals surface area contributed by atoms with Crippen LogP contribution in [0.4, 0.5) is 11.4 Å². The number of nitrogens with two attached hydrogens (primary N) is 1. The first-order valence-electron chi connectivity index (χ1n) is 7.24. The lowest BCUT2D eigenvalue weighted by Gasteiger charge is -2.39. The molecule has 5 heteroatoms. The van der Waals surface area contributed by atoms with Crippen LogP contribution in [0.15, 0.2) is 12.1 Å². The second kappa shape index (κ2) is 5.43. The minimum absolute atomic E-state index is 0.344. The standard InChI is InChI=1S/C15H21ClN2O2/c1-2-11-9-12(17)10-13(16)14(11)18-5-3-15(4-6-18)19-7-8-20-15/h9-10H,2-8,17H2,1H3. The minimum atomic E-state index is -0.344. The van der Waals surface area contributed by atoms with E-state index >= 15 is 0 Å². The number of halogens is 1. The molecule has 20 heavy (non-hydrogen) atoms. The van der Waals surface area contributed by atoms with Crippen LogP contribution in [0, 0.1) is 0 Å². The number of ether oxygens (including phenoxy) is 2. The van der Waals surface area contributed by atoms with Crippen LogP contribution in [0.25, 0.3) is 0 Å². The van der Waals surface area contributed by atoms with Gasteiger partial charge < -0.3 is 20.1 Å². The van der Waals surface area contributed by atoms with Gasteiger partial charge in [0.25, 0.3) is 0 Å². The molecule has 110 valence electrons. The Kier molecular flexibility index (Phi) is 3.80. The van der Waals surface area contributed by atoms with Gasteiger partial charge in [-0.3, -0.25) is 0 Å². The van der Waals surface area contributed by atoms with Gasteiger partial charge in [-0.1, -0.05) is 18.5 Å². The SMILES string of the molecule is CCc1cc(N)cc(Cl)c1N1CCC2(CC1)OCCO2. The third-order valence-corrected chi connectivity index (χ3v) is 4.49. The molecule has 0 aromatic heterocycles. The Bertz CT molecular complexity index is 491. The lowest BCUT2D eigenvalue weighted by Crippen LogP contribution is -2.45. The van der Waals surface area contributed by atoms with Crippen molar-refractivity contribution < 1.29 is 9.47 Å². The molecule has 1 aromatic carbocycles. The van der Waals surface area contributed by atoms with Crippen molar-refractivity contribution in [1.29, 1.82) is 0 Å². The van der Waals surface area contributed by atoms with Crippen LogP contribution in [0.5, 0.6) is 0 Å². The van der Waals surface area contributed by atoms with E-state index in [0.717, 1.165) is 48.7 Å². The molecule has 2 saturated heterocycles. The molecule has 2 fully saturated rings. The number of benzene rings is 1. The molecule has 0 bridgehead atoms. The van der Waals surface area contributed by atoms with Crippen LogP contribution in [-0.4, -0.2) is 32.1 Å². The van der Waals surface area contributed by atoms with Gasteiger partial charge in [0.2, 0.25) is 0 Å². The molecule has 1 aromatic rings.